The number of rotatable bonds is 6. The summed E-state index contributed by atoms with van der Waals surface area (Å²) in [6.07, 6.45) is 1.84. The summed E-state index contributed by atoms with van der Waals surface area (Å²) in [4.78, 5) is 14.8. The molecule has 1 aliphatic heterocycles. The third-order valence-electron chi connectivity index (χ3n) is 4.89. The maximum absolute atomic E-state index is 12.2. The fourth-order valence-electron chi connectivity index (χ4n) is 3.22. The Morgan fingerprint density at radius 1 is 1.00 bits per heavy atom. The van der Waals surface area contributed by atoms with Gasteiger partial charge in [0.25, 0.3) is 5.91 Å². The van der Waals surface area contributed by atoms with Crippen LogP contribution in [0.15, 0.2) is 77.7 Å². The van der Waals surface area contributed by atoms with Crippen LogP contribution in [0, 0.1) is 0 Å². The molecule has 1 amide bonds. The number of hydrogen-bond acceptors (Lipinski definition) is 5. The lowest BCUT2D eigenvalue weighted by Gasteiger charge is -2.14. The van der Waals surface area contributed by atoms with Crippen molar-refractivity contribution in [2.45, 2.75) is 6.61 Å². The number of anilines is 1. The topological polar surface area (TPSA) is 41.6 Å². The third-order valence-corrected chi connectivity index (χ3v) is 6.06. The van der Waals surface area contributed by atoms with E-state index >= 15 is 0 Å². The number of hydrogen-bond donors (Lipinski definition) is 1. The number of thiocarbonyl (C=S) groups is 1. The second-order valence-electron chi connectivity index (χ2n) is 7.32. The minimum absolute atomic E-state index is 0.176. The molecule has 6 heteroatoms. The van der Waals surface area contributed by atoms with E-state index in [2.05, 4.69) is 34.5 Å². The van der Waals surface area contributed by atoms with E-state index in [1.165, 1.54) is 11.8 Å². The number of nitrogens with one attached hydrogen (secondary N) is 1. The van der Waals surface area contributed by atoms with E-state index in [1.807, 2.05) is 68.7 Å². The van der Waals surface area contributed by atoms with Crippen LogP contribution >= 0.6 is 24.0 Å². The summed E-state index contributed by atoms with van der Waals surface area (Å²) in [5.74, 6) is 0.543. The fourth-order valence-corrected chi connectivity index (χ4v) is 4.26. The highest BCUT2D eigenvalue weighted by molar-refractivity contribution is 8.26. The molecule has 0 saturated carbocycles. The zero-order valence-electron chi connectivity index (χ0n) is 17.3. The molecule has 1 aliphatic rings. The van der Waals surface area contributed by atoms with E-state index in [0.29, 0.717) is 15.8 Å². The second kappa shape index (κ2) is 9.37. The predicted molar refractivity (Wildman–Crippen MR) is 133 cm³/mol. The van der Waals surface area contributed by atoms with Crippen molar-refractivity contribution in [1.82, 2.24) is 5.32 Å². The number of benzene rings is 3. The molecule has 1 heterocycles. The average Bonchev–Trinajstić information content (AvgIpc) is 3.10. The maximum atomic E-state index is 12.2. The highest BCUT2D eigenvalue weighted by atomic mass is 32.2. The monoisotopic (exact) mass is 446 g/mol. The van der Waals surface area contributed by atoms with E-state index in [1.54, 1.807) is 0 Å². The van der Waals surface area contributed by atoms with E-state index in [0.717, 1.165) is 33.7 Å². The van der Waals surface area contributed by atoms with E-state index in [4.69, 9.17) is 17.0 Å². The molecular formula is C25H22N2O2S2. The molecule has 3 aromatic rings. The molecule has 1 N–H and O–H groups in total. The average molecular weight is 447 g/mol. The highest BCUT2D eigenvalue weighted by Gasteiger charge is 2.22. The van der Waals surface area contributed by atoms with Gasteiger partial charge in [-0.2, -0.15) is 0 Å². The molecule has 4 nitrogen and oxygen atoms in total. The minimum atomic E-state index is -0.176. The molecule has 4 rings (SSSR count). The van der Waals surface area contributed by atoms with Gasteiger partial charge in [0.15, 0.2) is 0 Å². The van der Waals surface area contributed by atoms with Crippen molar-refractivity contribution in [3.63, 3.8) is 0 Å². The molecular weight excluding hydrogens is 424 g/mol. The number of carbonyl (C=O) groups is 1. The lowest BCUT2D eigenvalue weighted by molar-refractivity contribution is -0.115. The summed E-state index contributed by atoms with van der Waals surface area (Å²) >= 11 is 6.40. The van der Waals surface area contributed by atoms with Gasteiger partial charge in [-0.25, -0.2) is 0 Å². The Labute approximate surface area is 191 Å². The van der Waals surface area contributed by atoms with Crippen molar-refractivity contribution in [2.24, 2.45) is 0 Å². The van der Waals surface area contributed by atoms with E-state index in [9.17, 15) is 4.79 Å². The normalized spacial score (nSPS) is 14.6. The van der Waals surface area contributed by atoms with Crippen molar-refractivity contribution >= 4 is 46.0 Å². The predicted octanol–water partition coefficient (Wildman–Crippen LogP) is 5.49. The van der Waals surface area contributed by atoms with Gasteiger partial charge in [-0.3, -0.25) is 4.79 Å². The molecule has 3 aromatic carbocycles. The Bertz CT molecular complexity index is 1140. The summed E-state index contributed by atoms with van der Waals surface area (Å²) in [7, 11) is 4.04. The van der Waals surface area contributed by atoms with E-state index < -0.39 is 0 Å². The molecule has 0 bridgehead atoms. The van der Waals surface area contributed by atoms with Gasteiger partial charge in [-0.1, -0.05) is 72.5 Å². The van der Waals surface area contributed by atoms with Crippen LogP contribution in [0.4, 0.5) is 5.69 Å². The van der Waals surface area contributed by atoms with Gasteiger partial charge < -0.3 is 15.0 Å². The van der Waals surface area contributed by atoms with Crippen LogP contribution in [-0.2, 0) is 11.4 Å². The van der Waals surface area contributed by atoms with Gasteiger partial charge in [0, 0.05) is 25.3 Å². The Morgan fingerprint density at radius 2 is 1.71 bits per heavy atom. The van der Waals surface area contributed by atoms with Crippen molar-refractivity contribution < 1.29 is 9.53 Å². The molecule has 1 saturated heterocycles. The lowest BCUT2D eigenvalue weighted by Crippen LogP contribution is -2.17. The third kappa shape index (κ3) is 5.16. The van der Waals surface area contributed by atoms with Crippen LogP contribution in [0.25, 0.3) is 17.2 Å². The minimum Gasteiger partial charge on any atom is -0.488 e. The zero-order valence-corrected chi connectivity index (χ0v) is 18.9. The molecule has 0 spiro atoms. The van der Waals surface area contributed by atoms with Crippen LogP contribution in [0.3, 0.4) is 0 Å². The summed E-state index contributed by atoms with van der Waals surface area (Å²) < 4.78 is 6.58. The second-order valence-corrected chi connectivity index (χ2v) is 9.04. The number of thioether (sulfide) groups is 1. The smallest absolute Gasteiger partial charge is 0.263 e. The van der Waals surface area contributed by atoms with Gasteiger partial charge in [-0.05, 0) is 47.0 Å². The maximum Gasteiger partial charge on any atom is 0.263 e. The standard InChI is InChI=1S/C25H22N2O2S2/c1-27(2)21-11-8-18(9-12-21)19-10-13-22(29-16-17-6-4-3-5-7-17)20(14-19)15-23-24(28)26-25(30)31-23/h3-15H,16H2,1-2H3,(H,26,28,30)/b23-15+. The lowest BCUT2D eigenvalue weighted by atomic mass is 10.0. The highest BCUT2D eigenvalue weighted by Crippen LogP contribution is 2.33. The molecule has 1 fully saturated rings. The number of amides is 1. The van der Waals surface area contributed by atoms with Crippen molar-refractivity contribution in [3.8, 4) is 16.9 Å². The Kier molecular flexibility index (Phi) is 6.39. The van der Waals surface area contributed by atoms with Crippen molar-refractivity contribution in [2.75, 3.05) is 19.0 Å². The summed E-state index contributed by atoms with van der Waals surface area (Å²) in [6.45, 7) is 0.450. The molecule has 0 radical (unpaired) electrons. The first-order valence-electron chi connectivity index (χ1n) is 9.83. The van der Waals surface area contributed by atoms with Crippen LogP contribution in [0.2, 0.25) is 0 Å². The van der Waals surface area contributed by atoms with Gasteiger partial charge >= 0.3 is 0 Å². The Balaban J connectivity index is 1.68. The van der Waals surface area contributed by atoms with Crippen LogP contribution < -0.4 is 15.0 Å². The first kappa shape index (κ1) is 21.2. The number of ether oxygens (including phenoxy) is 1. The molecule has 31 heavy (non-hydrogen) atoms. The van der Waals surface area contributed by atoms with Gasteiger partial charge in [0.1, 0.15) is 16.7 Å². The quantitative estimate of drug-likeness (QED) is 0.401. The zero-order chi connectivity index (χ0) is 21.8. The summed E-state index contributed by atoms with van der Waals surface area (Å²) in [6, 6.07) is 24.4. The first-order chi connectivity index (χ1) is 15.0. The van der Waals surface area contributed by atoms with Crippen molar-refractivity contribution in [1.29, 1.82) is 0 Å². The molecule has 0 aromatic heterocycles. The van der Waals surface area contributed by atoms with Gasteiger partial charge in [0.05, 0.1) is 4.91 Å². The van der Waals surface area contributed by atoms with Crippen molar-refractivity contribution in [3.05, 3.63) is 88.8 Å². The first-order valence-corrected chi connectivity index (χ1v) is 11.1. The SMILES string of the molecule is CN(C)c1ccc(-c2ccc(OCc3ccccc3)c(/C=C3/SC(=S)NC3=O)c2)cc1. The molecule has 0 unspecified atom stereocenters. The Morgan fingerprint density at radius 3 is 2.35 bits per heavy atom. The Hall–Kier alpha value is -3.09. The molecule has 0 aliphatic carbocycles. The van der Waals surface area contributed by atoms with E-state index in [-0.39, 0.29) is 5.91 Å². The summed E-state index contributed by atoms with van der Waals surface area (Å²) in [5, 5.41) is 2.67. The van der Waals surface area contributed by atoms with Gasteiger partial charge in [-0.15, -0.1) is 0 Å². The molecule has 156 valence electrons. The van der Waals surface area contributed by atoms with Crippen LogP contribution in [0.1, 0.15) is 11.1 Å². The van der Waals surface area contributed by atoms with Crippen LogP contribution in [0.5, 0.6) is 5.75 Å². The largest absolute Gasteiger partial charge is 0.488 e. The molecule has 0 atom stereocenters. The fraction of sp³-hybridized carbons (Fsp3) is 0.120. The van der Waals surface area contributed by atoms with Crippen LogP contribution in [-0.4, -0.2) is 24.3 Å². The summed E-state index contributed by atoms with van der Waals surface area (Å²) in [5.41, 5.74) is 5.21. The van der Waals surface area contributed by atoms with Gasteiger partial charge in [0.2, 0.25) is 0 Å². The number of nitrogens with zero attached hydrogens (tertiary/aromatic N) is 1. The number of carbonyl (C=O) groups excluding carboxylic acids is 1.